The summed E-state index contributed by atoms with van der Waals surface area (Å²) >= 11 is 13.2. The van der Waals surface area contributed by atoms with Gasteiger partial charge in [-0.3, -0.25) is 13.9 Å². The lowest BCUT2D eigenvalue weighted by Crippen LogP contribution is -2.54. The number of halogens is 2. The predicted molar refractivity (Wildman–Crippen MR) is 195 cm³/mol. The van der Waals surface area contributed by atoms with Crippen LogP contribution in [0.5, 0.6) is 0 Å². The van der Waals surface area contributed by atoms with Crippen LogP contribution in [0.3, 0.4) is 0 Å². The Morgan fingerprint density at radius 3 is 1.98 bits per heavy atom. The second-order valence-corrected chi connectivity index (χ2v) is 15.0. The monoisotopic (exact) mass is 707 g/mol. The van der Waals surface area contributed by atoms with E-state index in [1.165, 1.54) is 17.0 Å². The van der Waals surface area contributed by atoms with Crippen molar-refractivity contribution >= 4 is 50.7 Å². The zero-order valence-corrected chi connectivity index (χ0v) is 30.3. The van der Waals surface area contributed by atoms with Crippen molar-refractivity contribution in [3.05, 3.63) is 129 Å². The van der Waals surface area contributed by atoms with Gasteiger partial charge in [-0.15, -0.1) is 0 Å². The van der Waals surface area contributed by atoms with Gasteiger partial charge in [-0.25, -0.2) is 8.42 Å². The molecule has 0 bridgehead atoms. The number of hydrogen-bond acceptors (Lipinski definition) is 4. The second kappa shape index (κ2) is 16.5. The van der Waals surface area contributed by atoms with E-state index in [1.807, 2.05) is 77.1 Å². The van der Waals surface area contributed by atoms with Crippen molar-refractivity contribution in [2.45, 2.75) is 76.9 Å². The van der Waals surface area contributed by atoms with Crippen LogP contribution in [0.2, 0.25) is 10.0 Å². The Morgan fingerprint density at radius 2 is 1.42 bits per heavy atom. The van der Waals surface area contributed by atoms with E-state index in [1.54, 1.807) is 42.5 Å². The molecule has 0 spiro atoms. The van der Waals surface area contributed by atoms with E-state index in [2.05, 4.69) is 5.32 Å². The number of carbonyl (C=O) groups is 2. The summed E-state index contributed by atoms with van der Waals surface area (Å²) in [4.78, 5) is 30.2. The molecule has 10 heteroatoms. The van der Waals surface area contributed by atoms with Gasteiger partial charge in [0.25, 0.3) is 10.0 Å². The van der Waals surface area contributed by atoms with Gasteiger partial charge in [0.2, 0.25) is 11.8 Å². The van der Waals surface area contributed by atoms with Crippen LogP contribution in [-0.2, 0) is 32.6 Å². The van der Waals surface area contributed by atoms with Gasteiger partial charge >= 0.3 is 0 Å². The van der Waals surface area contributed by atoms with Crippen LogP contribution in [0.25, 0.3) is 0 Å². The van der Waals surface area contributed by atoms with Gasteiger partial charge in [-0.1, -0.05) is 110 Å². The third kappa shape index (κ3) is 9.19. The minimum Gasteiger partial charge on any atom is -0.352 e. The first-order valence-corrected chi connectivity index (χ1v) is 18.3. The standard InChI is InChI=1S/C38H43Cl2N3O4S/c1-6-28(5)41-38(45)36(23-29-11-8-7-9-12-29)42(24-33-34(39)13-10-14-35(33)40)37(44)25-43(31-19-17-30(18-20-31)26(2)3)48(46,47)32-21-15-27(4)16-22-32/h7-22,26,28,36H,6,23-25H2,1-5H3,(H,41,45)/t28-,36-/m1/s1. The number of benzene rings is 4. The molecule has 4 aromatic rings. The van der Waals surface area contributed by atoms with Crippen LogP contribution in [0.4, 0.5) is 5.69 Å². The zero-order chi connectivity index (χ0) is 35.0. The van der Waals surface area contributed by atoms with Crippen LogP contribution in [0.15, 0.2) is 102 Å². The lowest BCUT2D eigenvalue weighted by atomic mass is 10.0. The molecule has 1 N–H and O–H groups in total. The largest absolute Gasteiger partial charge is 0.352 e. The number of carbonyl (C=O) groups excluding carboxylic acids is 2. The first-order chi connectivity index (χ1) is 22.8. The third-order valence-electron chi connectivity index (χ3n) is 8.40. The van der Waals surface area contributed by atoms with Gasteiger partial charge in [0.1, 0.15) is 12.6 Å². The minimum atomic E-state index is -4.22. The van der Waals surface area contributed by atoms with Gasteiger partial charge in [0.15, 0.2) is 0 Å². The molecule has 0 fully saturated rings. The molecule has 4 rings (SSSR count). The molecule has 0 saturated heterocycles. The zero-order valence-electron chi connectivity index (χ0n) is 28.0. The summed E-state index contributed by atoms with van der Waals surface area (Å²) in [7, 11) is -4.22. The highest BCUT2D eigenvalue weighted by Gasteiger charge is 2.35. The molecule has 0 unspecified atom stereocenters. The third-order valence-corrected chi connectivity index (χ3v) is 10.9. The van der Waals surface area contributed by atoms with Crippen molar-refractivity contribution in [1.82, 2.24) is 10.2 Å². The van der Waals surface area contributed by atoms with E-state index in [4.69, 9.17) is 23.2 Å². The fourth-order valence-corrected chi connectivity index (χ4v) is 7.17. The summed E-state index contributed by atoms with van der Waals surface area (Å²) < 4.78 is 29.7. The Bertz CT molecular complexity index is 1780. The maximum atomic E-state index is 14.7. The molecular weight excluding hydrogens is 665 g/mol. The van der Waals surface area contributed by atoms with Gasteiger partial charge in [-0.05, 0) is 73.7 Å². The number of sulfonamides is 1. The van der Waals surface area contributed by atoms with Crippen molar-refractivity contribution in [3.8, 4) is 0 Å². The van der Waals surface area contributed by atoms with E-state index in [-0.39, 0.29) is 35.7 Å². The molecule has 7 nitrogen and oxygen atoms in total. The highest BCUT2D eigenvalue weighted by atomic mass is 35.5. The molecule has 0 heterocycles. The fourth-order valence-electron chi connectivity index (χ4n) is 5.24. The maximum absolute atomic E-state index is 14.7. The van der Waals surface area contributed by atoms with Crippen molar-refractivity contribution in [1.29, 1.82) is 0 Å². The first-order valence-electron chi connectivity index (χ1n) is 16.1. The molecule has 48 heavy (non-hydrogen) atoms. The van der Waals surface area contributed by atoms with Crippen molar-refractivity contribution in [3.63, 3.8) is 0 Å². The quantitative estimate of drug-likeness (QED) is 0.143. The molecular formula is C38H43Cl2N3O4S. The van der Waals surface area contributed by atoms with Crippen molar-refractivity contribution in [2.75, 3.05) is 10.8 Å². The Morgan fingerprint density at radius 1 is 0.812 bits per heavy atom. The van der Waals surface area contributed by atoms with Crippen LogP contribution in [0, 0.1) is 6.92 Å². The van der Waals surface area contributed by atoms with Gasteiger partial charge in [0, 0.05) is 34.6 Å². The number of hydrogen-bond donors (Lipinski definition) is 1. The number of nitrogens with one attached hydrogen (secondary N) is 1. The summed E-state index contributed by atoms with van der Waals surface area (Å²) in [6.07, 6.45) is 0.869. The Hall–Kier alpha value is -3.85. The number of nitrogens with zero attached hydrogens (tertiary/aromatic N) is 2. The van der Waals surface area contributed by atoms with Crippen LogP contribution in [0.1, 0.15) is 62.3 Å². The molecule has 2 atom stereocenters. The lowest BCUT2D eigenvalue weighted by Gasteiger charge is -2.34. The summed E-state index contributed by atoms with van der Waals surface area (Å²) in [6, 6.07) is 26.9. The molecule has 0 saturated carbocycles. The Balaban J connectivity index is 1.85. The molecule has 4 aromatic carbocycles. The lowest BCUT2D eigenvalue weighted by molar-refractivity contribution is -0.140. The van der Waals surface area contributed by atoms with E-state index in [0.29, 0.717) is 27.7 Å². The average molecular weight is 709 g/mol. The molecule has 0 aliphatic carbocycles. The van der Waals surface area contributed by atoms with E-state index in [0.717, 1.165) is 21.0 Å². The topological polar surface area (TPSA) is 86.8 Å². The highest BCUT2D eigenvalue weighted by Crippen LogP contribution is 2.30. The predicted octanol–water partition coefficient (Wildman–Crippen LogP) is 8.18. The Kier molecular flexibility index (Phi) is 12.7. The van der Waals surface area contributed by atoms with E-state index in [9.17, 15) is 18.0 Å². The molecule has 0 aliphatic rings. The first kappa shape index (κ1) is 37.0. The number of rotatable bonds is 14. The maximum Gasteiger partial charge on any atom is 0.264 e. The summed E-state index contributed by atoms with van der Waals surface area (Å²) in [6.45, 7) is 9.14. The van der Waals surface area contributed by atoms with Crippen LogP contribution < -0.4 is 9.62 Å². The van der Waals surface area contributed by atoms with Crippen LogP contribution >= 0.6 is 23.2 Å². The molecule has 2 amide bonds. The highest BCUT2D eigenvalue weighted by molar-refractivity contribution is 7.92. The van der Waals surface area contributed by atoms with Gasteiger partial charge in [-0.2, -0.15) is 0 Å². The summed E-state index contributed by atoms with van der Waals surface area (Å²) in [5.74, 6) is -0.727. The minimum absolute atomic E-state index is 0.0462. The van der Waals surface area contributed by atoms with E-state index < -0.39 is 28.5 Å². The van der Waals surface area contributed by atoms with E-state index >= 15 is 0 Å². The number of amides is 2. The Labute approximate surface area is 294 Å². The molecule has 0 radical (unpaired) electrons. The van der Waals surface area contributed by atoms with Crippen LogP contribution in [-0.4, -0.2) is 43.8 Å². The normalized spacial score (nSPS) is 12.8. The van der Waals surface area contributed by atoms with Crippen molar-refractivity contribution in [2.24, 2.45) is 0 Å². The molecule has 0 aromatic heterocycles. The summed E-state index contributed by atoms with van der Waals surface area (Å²) in [5.41, 5.74) is 3.54. The van der Waals surface area contributed by atoms with Gasteiger partial charge in [0.05, 0.1) is 10.6 Å². The smallest absolute Gasteiger partial charge is 0.264 e. The summed E-state index contributed by atoms with van der Waals surface area (Å²) in [5, 5.41) is 3.69. The molecule has 0 aliphatic heterocycles. The number of aryl methyl sites for hydroxylation is 1. The SMILES string of the molecule is CC[C@@H](C)NC(=O)[C@@H](Cc1ccccc1)N(Cc1c(Cl)cccc1Cl)C(=O)CN(c1ccc(C(C)C)cc1)S(=O)(=O)c1ccc(C)cc1. The van der Waals surface area contributed by atoms with Crippen molar-refractivity contribution < 1.29 is 18.0 Å². The second-order valence-electron chi connectivity index (χ2n) is 12.3. The molecule has 254 valence electrons. The average Bonchev–Trinajstić information content (AvgIpc) is 3.06. The number of anilines is 1. The fraction of sp³-hybridized carbons (Fsp3) is 0.316. The van der Waals surface area contributed by atoms with Gasteiger partial charge < -0.3 is 10.2 Å².